The van der Waals surface area contributed by atoms with Crippen LogP contribution in [0, 0.1) is 0 Å². The van der Waals surface area contributed by atoms with E-state index in [1.807, 2.05) is 24.3 Å². The molecule has 0 aliphatic heterocycles. The average molecular weight is 318 g/mol. The Kier molecular flexibility index (Phi) is 3.16. The molecule has 2 aromatic carbocycles. The summed E-state index contributed by atoms with van der Waals surface area (Å²) in [6, 6.07) is 14.6. The second kappa shape index (κ2) is 5.34. The summed E-state index contributed by atoms with van der Waals surface area (Å²) in [6.45, 7) is 0. The molecule has 6 heteroatoms. The van der Waals surface area contributed by atoms with Gasteiger partial charge in [0.1, 0.15) is 0 Å². The molecule has 4 rings (SSSR count). The molecule has 0 aliphatic carbocycles. The van der Waals surface area contributed by atoms with E-state index >= 15 is 0 Å². The molecule has 4 aromatic rings. The van der Waals surface area contributed by atoms with Gasteiger partial charge in [-0.05, 0) is 18.2 Å². The Bertz CT molecular complexity index is 1110. The molecule has 0 radical (unpaired) electrons. The van der Waals surface area contributed by atoms with E-state index in [2.05, 4.69) is 15.3 Å². The summed E-state index contributed by atoms with van der Waals surface area (Å²) in [5.74, 6) is 0.0555. The molecule has 0 bridgehead atoms. The molecule has 6 nitrogen and oxygen atoms in total. The molecule has 118 valence electrons. The second-order valence-corrected chi connectivity index (χ2v) is 5.56. The molecule has 2 heterocycles. The summed E-state index contributed by atoms with van der Waals surface area (Å²) in [4.78, 5) is 32.3. The van der Waals surface area contributed by atoms with Crippen molar-refractivity contribution >= 4 is 33.7 Å². The first-order valence-electron chi connectivity index (χ1n) is 7.48. The fourth-order valence-electron chi connectivity index (χ4n) is 2.78. The van der Waals surface area contributed by atoms with E-state index < -0.39 is 0 Å². The van der Waals surface area contributed by atoms with Gasteiger partial charge in [-0.1, -0.05) is 30.3 Å². The Morgan fingerprint density at radius 1 is 1.08 bits per heavy atom. The fraction of sp³-hybridized carbons (Fsp3) is 0.0556. The van der Waals surface area contributed by atoms with Crippen molar-refractivity contribution in [2.75, 3.05) is 5.32 Å². The number of hydrogen-bond acceptors (Lipinski definition) is 3. The monoisotopic (exact) mass is 318 g/mol. The molecule has 0 saturated heterocycles. The van der Waals surface area contributed by atoms with Gasteiger partial charge in [-0.3, -0.25) is 14.9 Å². The SMILES string of the molecule is Cn1cc(C(=O)Nc2nc3ccccc3[nH]2)c2ccccc2c1=O. The van der Waals surface area contributed by atoms with Crippen LogP contribution in [0.5, 0.6) is 0 Å². The number of pyridine rings is 1. The zero-order valence-corrected chi connectivity index (χ0v) is 12.9. The fourth-order valence-corrected chi connectivity index (χ4v) is 2.78. The first-order valence-corrected chi connectivity index (χ1v) is 7.48. The van der Waals surface area contributed by atoms with Gasteiger partial charge in [0.15, 0.2) is 0 Å². The Hall–Kier alpha value is -3.41. The predicted molar refractivity (Wildman–Crippen MR) is 93.2 cm³/mol. The van der Waals surface area contributed by atoms with Crippen molar-refractivity contribution < 1.29 is 4.79 Å². The minimum Gasteiger partial charge on any atom is -0.324 e. The van der Waals surface area contributed by atoms with Crippen molar-refractivity contribution in [3.05, 3.63) is 70.6 Å². The maximum atomic E-state index is 12.7. The lowest BCUT2D eigenvalue weighted by molar-refractivity contribution is 0.102. The van der Waals surface area contributed by atoms with E-state index in [-0.39, 0.29) is 11.5 Å². The molecule has 0 saturated carbocycles. The normalized spacial score (nSPS) is 11.0. The number of anilines is 1. The van der Waals surface area contributed by atoms with Gasteiger partial charge < -0.3 is 9.55 Å². The topological polar surface area (TPSA) is 79.8 Å². The Labute approximate surface area is 136 Å². The van der Waals surface area contributed by atoms with E-state index in [1.165, 1.54) is 4.57 Å². The van der Waals surface area contributed by atoms with E-state index in [1.54, 1.807) is 37.5 Å². The lowest BCUT2D eigenvalue weighted by atomic mass is 10.1. The van der Waals surface area contributed by atoms with Gasteiger partial charge in [-0.2, -0.15) is 0 Å². The zero-order chi connectivity index (χ0) is 16.7. The highest BCUT2D eigenvalue weighted by atomic mass is 16.2. The molecule has 0 unspecified atom stereocenters. The lowest BCUT2D eigenvalue weighted by Crippen LogP contribution is -2.21. The number of para-hydroxylation sites is 2. The van der Waals surface area contributed by atoms with Crippen LogP contribution in [0.15, 0.2) is 59.5 Å². The number of hydrogen-bond donors (Lipinski definition) is 2. The van der Waals surface area contributed by atoms with Crippen LogP contribution in [0.2, 0.25) is 0 Å². The summed E-state index contributed by atoms with van der Waals surface area (Å²) in [6.07, 6.45) is 1.54. The van der Waals surface area contributed by atoms with Gasteiger partial charge in [0.05, 0.1) is 16.6 Å². The molecular weight excluding hydrogens is 304 g/mol. The summed E-state index contributed by atoms with van der Waals surface area (Å²) in [7, 11) is 1.63. The number of aromatic nitrogens is 3. The highest BCUT2D eigenvalue weighted by Gasteiger charge is 2.15. The van der Waals surface area contributed by atoms with E-state index in [4.69, 9.17) is 0 Å². The number of carbonyl (C=O) groups excluding carboxylic acids is 1. The van der Waals surface area contributed by atoms with Gasteiger partial charge in [-0.15, -0.1) is 0 Å². The van der Waals surface area contributed by atoms with Crippen molar-refractivity contribution in [3.63, 3.8) is 0 Å². The molecule has 2 N–H and O–H groups in total. The van der Waals surface area contributed by atoms with Gasteiger partial charge in [0, 0.05) is 24.0 Å². The molecule has 0 aliphatic rings. The molecule has 0 spiro atoms. The van der Waals surface area contributed by atoms with Crippen LogP contribution in [-0.4, -0.2) is 20.4 Å². The minimum absolute atomic E-state index is 0.133. The number of amides is 1. The number of imidazole rings is 1. The third-order valence-electron chi connectivity index (χ3n) is 3.96. The van der Waals surface area contributed by atoms with Crippen LogP contribution < -0.4 is 10.9 Å². The molecule has 1 amide bonds. The van der Waals surface area contributed by atoms with E-state index in [9.17, 15) is 9.59 Å². The third kappa shape index (κ3) is 2.25. The third-order valence-corrected chi connectivity index (χ3v) is 3.96. The number of H-pyrrole nitrogens is 1. The first-order chi connectivity index (χ1) is 11.6. The zero-order valence-electron chi connectivity index (χ0n) is 12.9. The van der Waals surface area contributed by atoms with Gasteiger partial charge in [0.25, 0.3) is 11.5 Å². The Morgan fingerprint density at radius 2 is 1.79 bits per heavy atom. The molecular formula is C18H14N4O2. The molecule has 0 atom stereocenters. The van der Waals surface area contributed by atoms with Gasteiger partial charge in [0.2, 0.25) is 5.95 Å². The maximum absolute atomic E-state index is 12.7. The Morgan fingerprint density at radius 3 is 2.58 bits per heavy atom. The van der Waals surface area contributed by atoms with Crippen molar-refractivity contribution in [2.45, 2.75) is 0 Å². The van der Waals surface area contributed by atoms with Gasteiger partial charge in [-0.25, -0.2) is 4.98 Å². The largest absolute Gasteiger partial charge is 0.324 e. The lowest BCUT2D eigenvalue weighted by Gasteiger charge is -2.08. The predicted octanol–water partition coefficient (Wildman–Crippen LogP) is 2.67. The maximum Gasteiger partial charge on any atom is 0.260 e. The van der Waals surface area contributed by atoms with Gasteiger partial charge >= 0.3 is 0 Å². The van der Waals surface area contributed by atoms with Crippen LogP contribution in [0.1, 0.15) is 10.4 Å². The summed E-state index contributed by atoms with van der Waals surface area (Å²) in [5, 5.41) is 3.90. The quantitative estimate of drug-likeness (QED) is 0.596. The number of aromatic amines is 1. The standard InChI is InChI=1S/C18H14N4O2/c1-22-10-13(11-6-2-3-7-12(11)17(22)24)16(23)21-18-19-14-8-4-5-9-15(14)20-18/h2-10H,1H3,(H2,19,20,21,23). The first kappa shape index (κ1) is 14.2. The smallest absolute Gasteiger partial charge is 0.260 e. The summed E-state index contributed by atoms with van der Waals surface area (Å²) >= 11 is 0. The van der Waals surface area contributed by atoms with Crippen LogP contribution in [0.25, 0.3) is 21.8 Å². The van der Waals surface area contributed by atoms with Crippen LogP contribution >= 0.6 is 0 Å². The number of nitrogens with zero attached hydrogens (tertiary/aromatic N) is 2. The van der Waals surface area contributed by atoms with Crippen molar-refractivity contribution in [1.82, 2.24) is 14.5 Å². The Balaban J connectivity index is 1.78. The highest BCUT2D eigenvalue weighted by Crippen LogP contribution is 2.18. The molecule has 24 heavy (non-hydrogen) atoms. The van der Waals surface area contributed by atoms with E-state index in [0.29, 0.717) is 22.3 Å². The number of benzene rings is 2. The van der Waals surface area contributed by atoms with Crippen molar-refractivity contribution in [1.29, 1.82) is 0 Å². The number of rotatable bonds is 2. The summed E-state index contributed by atoms with van der Waals surface area (Å²) < 4.78 is 1.41. The number of carbonyl (C=O) groups is 1. The molecule has 0 fully saturated rings. The second-order valence-electron chi connectivity index (χ2n) is 5.56. The van der Waals surface area contributed by atoms with Crippen molar-refractivity contribution in [2.24, 2.45) is 7.05 Å². The number of fused-ring (bicyclic) bond motifs is 2. The molecule has 2 aromatic heterocycles. The van der Waals surface area contributed by atoms with Crippen LogP contribution in [0.3, 0.4) is 0 Å². The van der Waals surface area contributed by atoms with Crippen LogP contribution in [-0.2, 0) is 7.05 Å². The average Bonchev–Trinajstić information content (AvgIpc) is 3.00. The number of nitrogens with one attached hydrogen (secondary N) is 2. The summed E-state index contributed by atoms with van der Waals surface area (Å²) in [5.41, 5.74) is 1.91. The van der Waals surface area contributed by atoms with Crippen LogP contribution in [0.4, 0.5) is 5.95 Å². The number of aryl methyl sites for hydroxylation is 1. The van der Waals surface area contributed by atoms with Crippen molar-refractivity contribution in [3.8, 4) is 0 Å². The minimum atomic E-state index is -0.319. The highest BCUT2D eigenvalue weighted by molar-refractivity contribution is 6.12. The van der Waals surface area contributed by atoms with E-state index in [0.717, 1.165) is 11.0 Å².